The first-order valence-corrected chi connectivity index (χ1v) is 8.67. The summed E-state index contributed by atoms with van der Waals surface area (Å²) in [6.45, 7) is 1.45. The second-order valence-electron chi connectivity index (χ2n) is 4.82. The monoisotopic (exact) mass is 335 g/mol. The predicted molar refractivity (Wildman–Crippen MR) is 74.0 cm³/mol. The zero-order valence-electron chi connectivity index (χ0n) is 10.4. The lowest BCUT2D eigenvalue weighted by molar-refractivity contribution is 0.448. The third-order valence-corrected chi connectivity index (χ3v) is 5.85. The zero-order valence-corrected chi connectivity index (χ0v) is 12.8. The molecule has 1 N–H and O–H groups in total. The van der Waals surface area contributed by atoms with E-state index in [0.717, 1.165) is 29.6 Å². The van der Waals surface area contributed by atoms with Crippen molar-refractivity contribution >= 4 is 25.8 Å². The zero-order chi connectivity index (χ0) is 13.2. The Bertz CT molecular complexity index is 493. The van der Waals surface area contributed by atoms with E-state index >= 15 is 0 Å². The third kappa shape index (κ3) is 3.55. The molecule has 2 rings (SSSR count). The van der Waals surface area contributed by atoms with Crippen LogP contribution in [0.5, 0.6) is 0 Å². The summed E-state index contributed by atoms with van der Waals surface area (Å²) in [5, 5.41) is 7.46. The van der Waals surface area contributed by atoms with Crippen molar-refractivity contribution in [3.8, 4) is 0 Å². The van der Waals surface area contributed by atoms with Crippen LogP contribution in [0.4, 0.5) is 0 Å². The second-order valence-corrected chi connectivity index (χ2v) is 7.90. The number of nitrogens with one attached hydrogen (secondary N) is 1. The fourth-order valence-electron chi connectivity index (χ4n) is 2.31. The molecule has 1 atom stereocenters. The SMILES string of the molecule is Cn1ncc(Br)c1CNCC1CCCS(=O)(=O)C1. The van der Waals surface area contributed by atoms with E-state index in [0.29, 0.717) is 18.1 Å². The molecule has 1 aromatic heterocycles. The van der Waals surface area contributed by atoms with Crippen LogP contribution in [0, 0.1) is 5.92 Å². The van der Waals surface area contributed by atoms with Gasteiger partial charge in [-0.1, -0.05) is 0 Å². The number of aromatic nitrogens is 2. The van der Waals surface area contributed by atoms with Gasteiger partial charge in [0.15, 0.2) is 9.84 Å². The largest absolute Gasteiger partial charge is 0.311 e. The highest BCUT2D eigenvalue weighted by Gasteiger charge is 2.24. The number of hydrogen-bond acceptors (Lipinski definition) is 4. The molecule has 7 heteroatoms. The van der Waals surface area contributed by atoms with Gasteiger partial charge >= 0.3 is 0 Å². The van der Waals surface area contributed by atoms with E-state index in [9.17, 15) is 8.42 Å². The van der Waals surface area contributed by atoms with Crippen molar-refractivity contribution in [3.05, 3.63) is 16.4 Å². The molecule has 2 heterocycles. The van der Waals surface area contributed by atoms with Gasteiger partial charge in [-0.15, -0.1) is 0 Å². The van der Waals surface area contributed by atoms with Crippen LogP contribution in [0.15, 0.2) is 10.7 Å². The summed E-state index contributed by atoms with van der Waals surface area (Å²) in [5.74, 6) is 0.930. The summed E-state index contributed by atoms with van der Waals surface area (Å²) in [4.78, 5) is 0. The van der Waals surface area contributed by atoms with Crippen molar-refractivity contribution in [1.82, 2.24) is 15.1 Å². The number of rotatable bonds is 4. The fraction of sp³-hybridized carbons (Fsp3) is 0.727. The van der Waals surface area contributed by atoms with Crippen molar-refractivity contribution in [3.63, 3.8) is 0 Å². The van der Waals surface area contributed by atoms with E-state index in [-0.39, 0.29) is 5.92 Å². The van der Waals surface area contributed by atoms with E-state index in [1.54, 1.807) is 6.20 Å². The molecular formula is C11H18BrN3O2S. The van der Waals surface area contributed by atoms with Crippen molar-refractivity contribution in [2.24, 2.45) is 13.0 Å². The average Bonchev–Trinajstić information content (AvgIpc) is 2.59. The van der Waals surface area contributed by atoms with Crippen LogP contribution in [0.3, 0.4) is 0 Å². The van der Waals surface area contributed by atoms with Crippen LogP contribution in [0.2, 0.25) is 0 Å². The minimum atomic E-state index is -2.80. The Morgan fingerprint density at radius 3 is 3.00 bits per heavy atom. The van der Waals surface area contributed by atoms with Gasteiger partial charge < -0.3 is 5.32 Å². The summed E-state index contributed by atoms with van der Waals surface area (Å²) >= 11 is 3.44. The normalized spacial score (nSPS) is 23.1. The number of aryl methyl sites for hydroxylation is 1. The quantitative estimate of drug-likeness (QED) is 0.894. The van der Waals surface area contributed by atoms with Gasteiger partial charge in [-0.3, -0.25) is 4.68 Å². The van der Waals surface area contributed by atoms with Gasteiger partial charge in [-0.25, -0.2) is 8.42 Å². The molecular weight excluding hydrogens is 318 g/mol. The molecule has 5 nitrogen and oxygen atoms in total. The van der Waals surface area contributed by atoms with Crippen LogP contribution < -0.4 is 5.32 Å². The van der Waals surface area contributed by atoms with E-state index in [1.165, 1.54) is 0 Å². The third-order valence-electron chi connectivity index (χ3n) is 3.29. The van der Waals surface area contributed by atoms with Crippen LogP contribution in [0.1, 0.15) is 18.5 Å². The predicted octanol–water partition coefficient (Wildman–Crippen LogP) is 1.10. The Kier molecular flexibility index (Phi) is 4.45. The number of sulfone groups is 1. The van der Waals surface area contributed by atoms with Gasteiger partial charge in [0.25, 0.3) is 0 Å². The molecule has 1 unspecified atom stereocenters. The van der Waals surface area contributed by atoms with Crippen LogP contribution in [-0.2, 0) is 23.4 Å². The maximum Gasteiger partial charge on any atom is 0.150 e. The summed E-state index contributed by atoms with van der Waals surface area (Å²) < 4.78 is 25.8. The second kappa shape index (κ2) is 5.71. The van der Waals surface area contributed by atoms with Crippen molar-refractivity contribution in [2.45, 2.75) is 19.4 Å². The Balaban J connectivity index is 1.82. The maximum atomic E-state index is 11.5. The van der Waals surface area contributed by atoms with E-state index < -0.39 is 9.84 Å². The fourth-order valence-corrected chi connectivity index (χ4v) is 4.57. The first kappa shape index (κ1) is 14.0. The molecule has 0 bridgehead atoms. The van der Waals surface area contributed by atoms with Gasteiger partial charge in [-0.05, 0) is 41.2 Å². The topological polar surface area (TPSA) is 64.0 Å². The van der Waals surface area contributed by atoms with Gasteiger partial charge in [-0.2, -0.15) is 5.10 Å². The summed E-state index contributed by atoms with van der Waals surface area (Å²) in [7, 11) is -0.904. The molecule has 0 saturated carbocycles. The lowest BCUT2D eigenvalue weighted by atomic mass is 10.1. The minimum absolute atomic E-state index is 0.246. The first-order chi connectivity index (χ1) is 8.48. The lowest BCUT2D eigenvalue weighted by Gasteiger charge is -2.22. The van der Waals surface area contributed by atoms with Gasteiger partial charge in [0.05, 0.1) is 27.9 Å². The smallest absolute Gasteiger partial charge is 0.150 e. The molecule has 1 fully saturated rings. The highest BCUT2D eigenvalue weighted by atomic mass is 79.9. The van der Waals surface area contributed by atoms with Crippen molar-refractivity contribution < 1.29 is 8.42 Å². The lowest BCUT2D eigenvalue weighted by Crippen LogP contribution is -2.33. The van der Waals surface area contributed by atoms with Crippen LogP contribution in [0.25, 0.3) is 0 Å². The van der Waals surface area contributed by atoms with E-state index in [2.05, 4.69) is 26.3 Å². The van der Waals surface area contributed by atoms with Crippen molar-refractivity contribution in [1.29, 1.82) is 0 Å². The Labute approximate surface area is 116 Å². The average molecular weight is 336 g/mol. The molecule has 102 valence electrons. The highest BCUT2D eigenvalue weighted by Crippen LogP contribution is 2.18. The molecule has 18 heavy (non-hydrogen) atoms. The van der Waals surface area contributed by atoms with Gasteiger partial charge in [0.1, 0.15) is 0 Å². The van der Waals surface area contributed by atoms with Gasteiger partial charge in [0, 0.05) is 13.6 Å². The first-order valence-electron chi connectivity index (χ1n) is 6.05. The Morgan fingerprint density at radius 1 is 1.61 bits per heavy atom. The standard InChI is InChI=1S/C11H18BrN3O2S/c1-15-11(10(12)6-14-15)7-13-5-9-3-2-4-18(16,17)8-9/h6,9,13H,2-5,7-8H2,1H3. The number of hydrogen-bond donors (Lipinski definition) is 1. The molecule has 0 amide bonds. The molecule has 1 aromatic rings. The molecule has 0 radical (unpaired) electrons. The molecule has 0 aromatic carbocycles. The van der Waals surface area contributed by atoms with E-state index in [4.69, 9.17) is 0 Å². The highest BCUT2D eigenvalue weighted by molar-refractivity contribution is 9.10. The Morgan fingerprint density at radius 2 is 2.39 bits per heavy atom. The molecule has 1 aliphatic rings. The minimum Gasteiger partial charge on any atom is -0.311 e. The van der Waals surface area contributed by atoms with Crippen LogP contribution >= 0.6 is 15.9 Å². The maximum absolute atomic E-state index is 11.5. The molecule has 0 spiro atoms. The number of nitrogens with zero attached hydrogens (tertiary/aromatic N) is 2. The summed E-state index contributed by atoms with van der Waals surface area (Å²) in [6.07, 6.45) is 3.56. The summed E-state index contributed by atoms with van der Waals surface area (Å²) in [6, 6.07) is 0. The number of halogens is 1. The molecule has 0 aliphatic carbocycles. The van der Waals surface area contributed by atoms with Crippen molar-refractivity contribution in [2.75, 3.05) is 18.1 Å². The van der Waals surface area contributed by atoms with Crippen LogP contribution in [-0.4, -0.2) is 36.2 Å². The molecule has 1 saturated heterocycles. The Hall–Kier alpha value is -0.400. The van der Waals surface area contributed by atoms with E-state index in [1.807, 2.05) is 11.7 Å². The molecule has 1 aliphatic heterocycles. The summed E-state index contributed by atoms with van der Waals surface area (Å²) in [5.41, 5.74) is 1.08. The van der Waals surface area contributed by atoms with Gasteiger partial charge in [0.2, 0.25) is 0 Å².